The topological polar surface area (TPSA) is 12.0 Å². The van der Waals surface area contributed by atoms with Gasteiger partial charge in [0, 0.05) is 16.6 Å². The molecule has 2 heteroatoms. The van der Waals surface area contributed by atoms with Crippen molar-refractivity contribution in [3.63, 3.8) is 0 Å². The maximum Gasteiger partial charge on any atom is 0.0294 e. The molecule has 0 saturated heterocycles. The summed E-state index contributed by atoms with van der Waals surface area (Å²) in [6.07, 6.45) is 2.51. The van der Waals surface area contributed by atoms with Crippen LogP contribution in [-0.2, 0) is 0 Å². The van der Waals surface area contributed by atoms with E-state index in [-0.39, 0.29) is 0 Å². The second-order valence-electron chi connectivity index (χ2n) is 6.16. The van der Waals surface area contributed by atoms with Crippen molar-refractivity contribution >= 4 is 15.9 Å². The second-order valence-corrected chi connectivity index (χ2v) is 7.08. The Bertz CT molecular complexity index is 599. The summed E-state index contributed by atoms with van der Waals surface area (Å²) in [6.45, 7) is 4.48. The highest BCUT2D eigenvalue weighted by atomic mass is 79.9. The van der Waals surface area contributed by atoms with E-state index in [0.717, 1.165) is 10.4 Å². The van der Waals surface area contributed by atoms with Crippen molar-refractivity contribution in [1.29, 1.82) is 0 Å². The zero-order valence-corrected chi connectivity index (χ0v) is 14.2. The van der Waals surface area contributed by atoms with Gasteiger partial charge in [-0.25, -0.2) is 0 Å². The van der Waals surface area contributed by atoms with E-state index in [1.807, 2.05) is 0 Å². The molecule has 0 heterocycles. The van der Waals surface area contributed by atoms with Crippen molar-refractivity contribution in [1.82, 2.24) is 5.32 Å². The molecule has 1 fully saturated rings. The molecule has 0 unspecified atom stereocenters. The van der Waals surface area contributed by atoms with Gasteiger partial charge in [0.1, 0.15) is 0 Å². The van der Waals surface area contributed by atoms with Crippen LogP contribution in [0.3, 0.4) is 0 Å². The lowest BCUT2D eigenvalue weighted by molar-refractivity contribution is 0.270. The largest absolute Gasteiger partial charge is 0.307 e. The van der Waals surface area contributed by atoms with E-state index >= 15 is 0 Å². The Hall–Kier alpha value is -1.12. The Morgan fingerprint density at radius 2 is 1.71 bits per heavy atom. The van der Waals surface area contributed by atoms with Gasteiger partial charge in [-0.1, -0.05) is 52.3 Å². The van der Waals surface area contributed by atoms with Crippen molar-refractivity contribution < 1.29 is 0 Å². The van der Waals surface area contributed by atoms with Gasteiger partial charge in [0.05, 0.1) is 0 Å². The third kappa shape index (κ3) is 3.38. The average molecular weight is 344 g/mol. The van der Waals surface area contributed by atoms with Crippen LogP contribution in [0.5, 0.6) is 0 Å². The molecule has 0 amide bonds. The Morgan fingerprint density at radius 1 is 1.05 bits per heavy atom. The van der Waals surface area contributed by atoms with E-state index in [1.165, 1.54) is 29.5 Å². The summed E-state index contributed by atoms with van der Waals surface area (Å²) in [5.74, 6) is 0.737. The fourth-order valence-electron chi connectivity index (χ4n) is 3.25. The van der Waals surface area contributed by atoms with Crippen molar-refractivity contribution in [2.24, 2.45) is 0 Å². The quantitative estimate of drug-likeness (QED) is 0.788. The molecule has 2 aromatic rings. The summed E-state index contributed by atoms with van der Waals surface area (Å²) in [5.41, 5.74) is 4.33. The van der Waals surface area contributed by atoms with E-state index in [9.17, 15) is 0 Å². The highest BCUT2D eigenvalue weighted by Gasteiger charge is 2.31. The minimum absolute atomic E-state index is 0.418. The van der Waals surface area contributed by atoms with Crippen molar-refractivity contribution in [2.45, 2.75) is 44.7 Å². The lowest BCUT2D eigenvalue weighted by Crippen LogP contribution is -2.41. The lowest BCUT2D eigenvalue weighted by atomic mass is 9.74. The number of rotatable bonds is 4. The summed E-state index contributed by atoms with van der Waals surface area (Å²) in [4.78, 5) is 0. The van der Waals surface area contributed by atoms with Crippen LogP contribution in [0.2, 0.25) is 0 Å². The fraction of sp³-hybridized carbons (Fsp3) is 0.368. The molecule has 1 aliphatic carbocycles. The molecule has 1 nitrogen and oxygen atoms in total. The summed E-state index contributed by atoms with van der Waals surface area (Å²) in [7, 11) is 0. The van der Waals surface area contributed by atoms with Crippen LogP contribution < -0.4 is 5.32 Å². The van der Waals surface area contributed by atoms with E-state index in [2.05, 4.69) is 83.6 Å². The number of benzene rings is 2. The van der Waals surface area contributed by atoms with Crippen LogP contribution in [0, 0.1) is 6.92 Å². The molecule has 0 aromatic heterocycles. The molecule has 3 rings (SSSR count). The van der Waals surface area contributed by atoms with E-state index in [4.69, 9.17) is 0 Å². The maximum absolute atomic E-state index is 3.76. The molecule has 1 aliphatic rings. The van der Waals surface area contributed by atoms with Gasteiger partial charge in [-0.15, -0.1) is 0 Å². The molecule has 21 heavy (non-hydrogen) atoms. The van der Waals surface area contributed by atoms with Gasteiger partial charge in [0.15, 0.2) is 0 Å². The van der Waals surface area contributed by atoms with Gasteiger partial charge in [-0.3, -0.25) is 0 Å². The van der Waals surface area contributed by atoms with Crippen LogP contribution in [0.1, 0.15) is 48.4 Å². The Balaban J connectivity index is 1.55. The average Bonchev–Trinajstić information content (AvgIpc) is 2.44. The summed E-state index contributed by atoms with van der Waals surface area (Å²) < 4.78 is 1.14. The zero-order chi connectivity index (χ0) is 14.8. The Labute approximate surface area is 135 Å². The minimum atomic E-state index is 0.418. The normalized spacial score (nSPS) is 22.6. The summed E-state index contributed by atoms with van der Waals surface area (Å²) in [6, 6.07) is 18.5. The molecule has 0 bridgehead atoms. The van der Waals surface area contributed by atoms with Crippen LogP contribution in [-0.4, -0.2) is 6.04 Å². The molecule has 0 aliphatic heterocycles. The van der Waals surface area contributed by atoms with Gasteiger partial charge in [-0.05, 0) is 61.4 Å². The minimum Gasteiger partial charge on any atom is -0.307 e. The van der Waals surface area contributed by atoms with Crippen LogP contribution in [0.25, 0.3) is 0 Å². The molecule has 0 radical (unpaired) electrons. The molecule has 1 atom stereocenters. The third-order valence-corrected chi connectivity index (χ3v) is 5.15. The Kier molecular flexibility index (Phi) is 4.46. The molecule has 0 spiro atoms. The lowest BCUT2D eigenvalue weighted by Gasteiger charge is -2.39. The molecule has 110 valence electrons. The monoisotopic (exact) mass is 343 g/mol. The van der Waals surface area contributed by atoms with E-state index in [1.54, 1.807) is 0 Å². The molecule has 1 N–H and O–H groups in total. The summed E-state index contributed by atoms with van der Waals surface area (Å²) in [5, 5.41) is 3.76. The molecule has 1 saturated carbocycles. The van der Waals surface area contributed by atoms with E-state index in [0.29, 0.717) is 12.1 Å². The first kappa shape index (κ1) is 14.8. The fourth-order valence-corrected chi connectivity index (χ4v) is 3.52. The predicted molar refractivity (Wildman–Crippen MR) is 92.6 cm³/mol. The van der Waals surface area contributed by atoms with Gasteiger partial charge < -0.3 is 5.32 Å². The van der Waals surface area contributed by atoms with Gasteiger partial charge in [0.25, 0.3) is 0 Å². The zero-order valence-electron chi connectivity index (χ0n) is 12.6. The standard InChI is InChI=1S/C19H22BrN/c1-13-5-3-4-6-19(13)16-11-18(12-16)21-14(2)15-7-9-17(20)10-8-15/h3-10,14,16,18,21H,11-12H2,1-2H3/t14-,16?,18?/m1/s1. The molecular formula is C19H22BrN. The highest BCUT2D eigenvalue weighted by Crippen LogP contribution is 2.39. The van der Waals surface area contributed by atoms with Gasteiger partial charge in [0.2, 0.25) is 0 Å². The number of hydrogen-bond donors (Lipinski definition) is 1. The van der Waals surface area contributed by atoms with Crippen LogP contribution in [0.15, 0.2) is 53.0 Å². The highest BCUT2D eigenvalue weighted by molar-refractivity contribution is 9.10. The predicted octanol–water partition coefficient (Wildman–Crippen LogP) is 5.35. The number of hydrogen-bond acceptors (Lipinski definition) is 1. The summed E-state index contributed by atoms with van der Waals surface area (Å²) >= 11 is 3.49. The van der Waals surface area contributed by atoms with Gasteiger partial charge >= 0.3 is 0 Å². The molecule has 2 aromatic carbocycles. The van der Waals surface area contributed by atoms with Crippen molar-refractivity contribution in [3.05, 3.63) is 69.7 Å². The number of halogens is 1. The van der Waals surface area contributed by atoms with Crippen molar-refractivity contribution in [2.75, 3.05) is 0 Å². The van der Waals surface area contributed by atoms with Crippen molar-refractivity contribution in [3.8, 4) is 0 Å². The van der Waals surface area contributed by atoms with Crippen LogP contribution >= 0.6 is 15.9 Å². The third-order valence-electron chi connectivity index (χ3n) is 4.62. The van der Waals surface area contributed by atoms with Gasteiger partial charge in [-0.2, -0.15) is 0 Å². The number of nitrogens with one attached hydrogen (secondary N) is 1. The SMILES string of the molecule is Cc1ccccc1C1CC(N[C@H](C)c2ccc(Br)cc2)C1. The smallest absolute Gasteiger partial charge is 0.0294 e. The van der Waals surface area contributed by atoms with E-state index < -0.39 is 0 Å². The number of aryl methyl sites for hydroxylation is 1. The first-order chi connectivity index (χ1) is 10.1. The Morgan fingerprint density at radius 3 is 2.38 bits per heavy atom. The maximum atomic E-state index is 3.76. The van der Waals surface area contributed by atoms with Crippen LogP contribution in [0.4, 0.5) is 0 Å². The second kappa shape index (κ2) is 6.33. The first-order valence-corrected chi connectivity index (χ1v) is 8.50. The molecular weight excluding hydrogens is 322 g/mol. The first-order valence-electron chi connectivity index (χ1n) is 7.70.